The highest BCUT2D eigenvalue weighted by atomic mass is 28.3. The van der Waals surface area contributed by atoms with Crippen molar-refractivity contribution in [1.29, 1.82) is 0 Å². The summed E-state index contributed by atoms with van der Waals surface area (Å²) in [5.41, 5.74) is 1.02. The van der Waals surface area contributed by atoms with Gasteiger partial charge in [0.15, 0.2) is 0 Å². The molecule has 0 saturated carbocycles. The van der Waals surface area contributed by atoms with Crippen LogP contribution in [0, 0.1) is 0 Å². The lowest BCUT2D eigenvalue weighted by molar-refractivity contribution is 0.821. The second-order valence-corrected chi connectivity index (χ2v) is 25.6. The molecule has 0 rings (SSSR count). The Bertz CT molecular complexity index is 217. The zero-order chi connectivity index (χ0) is 14.6. The Balaban J connectivity index is 4.63. The summed E-state index contributed by atoms with van der Waals surface area (Å²) in [6.45, 7) is 22.9. The van der Waals surface area contributed by atoms with Gasteiger partial charge in [0.05, 0.1) is 8.07 Å². The minimum Gasteiger partial charge on any atom is -0.0696 e. The van der Waals surface area contributed by atoms with Crippen molar-refractivity contribution in [2.24, 2.45) is 0 Å². The molecule has 110 valence electrons. The molecule has 0 aromatic rings. The molecule has 0 aromatic carbocycles. The van der Waals surface area contributed by atoms with Gasteiger partial charge in [0.1, 0.15) is 0 Å². The Kier molecular flexibility index (Phi) is 7.14. The van der Waals surface area contributed by atoms with Crippen LogP contribution in [-0.2, 0) is 0 Å². The van der Waals surface area contributed by atoms with Crippen molar-refractivity contribution in [2.75, 3.05) is 0 Å². The van der Waals surface area contributed by atoms with E-state index >= 15 is 0 Å². The van der Waals surface area contributed by atoms with Gasteiger partial charge in [-0.15, -0.1) is 0 Å². The SMILES string of the molecule is CCC(C)[Si](C)(CC[Si](C)(C)C)CC[Si](C)(C)C. The first-order valence-electron chi connectivity index (χ1n) is 7.90. The van der Waals surface area contributed by atoms with E-state index in [0.717, 1.165) is 5.54 Å². The molecule has 18 heavy (non-hydrogen) atoms. The molecule has 0 aliphatic carbocycles. The summed E-state index contributed by atoms with van der Waals surface area (Å²) in [7, 11) is -2.71. The fourth-order valence-electron chi connectivity index (χ4n) is 2.43. The number of hydrogen-bond acceptors (Lipinski definition) is 0. The summed E-state index contributed by atoms with van der Waals surface area (Å²) >= 11 is 0. The lowest BCUT2D eigenvalue weighted by Gasteiger charge is -2.37. The fraction of sp³-hybridized carbons (Fsp3) is 1.00. The first-order chi connectivity index (χ1) is 7.90. The third kappa shape index (κ3) is 7.95. The van der Waals surface area contributed by atoms with Crippen LogP contribution in [0.1, 0.15) is 20.3 Å². The number of hydrogen-bond donors (Lipinski definition) is 0. The van der Waals surface area contributed by atoms with E-state index in [1.165, 1.54) is 6.42 Å². The van der Waals surface area contributed by atoms with E-state index in [1.54, 1.807) is 24.2 Å². The zero-order valence-corrected chi connectivity index (χ0v) is 17.6. The molecule has 3 heteroatoms. The Morgan fingerprint density at radius 1 is 0.667 bits per heavy atom. The maximum absolute atomic E-state index is 2.71. The lowest BCUT2D eigenvalue weighted by Crippen LogP contribution is -2.39. The average Bonchev–Trinajstić information content (AvgIpc) is 2.20. The average molecular weight is 303 g/mol. The van der Waals surface area contributed by atoms with Gasteiger partial charge in [0.2, 0.25) is 0 Å². The van der Waals surface area contributed by atoms with Gasteiger partial charge in [0.25, 0.3) is 0 Å². The third-order valence-corrected chi connectivity index (χ3v) is 14.8. The Hall–Kier alpha value is 0.651. The molecule has 0 nitrogen and oxygen atoms in total. The normalized spacial score (nSPS) is 15.8. The van der Waals surface area contributed by atoms with Crippen molar-refractivity contribution >= 4 is 24.2 Å². The summed E-state index contributed by atoms with van der Waals surface area (Å²) in [5, 5.41) is 0. The largest absolute Gasteiger partial charge is 0.0696 e. The predicted molar refractivity (Wildman–Crippen MR) is 97.3 cm³/mol. The first-order valence-corrected chi connectivity index (χ1v) is 18.3. The van der Waals surface area contributed by atoms with E-state index in [-0.39, 0.29) is 0 Å². The highest BCUT2D eigenvalue weighted by Crippen LogP contribution is 2.37. The molecule has 0 aliphatic rings. The molecule has 1 atom stereocenters. The van der Waals surface area contributed by atoms with Crippen LogP contribution in [0.4, 0.5) is 0 Å². The Morgan fingerprint density at radius 2 is 1.00 bits per heavy atom. The van der Waals surface area contributed by atoms with Gasteiger partial charge in [-0.3, -0.25) is 0 Å². The highest BCUT2D eigenvalue weighted by Gasteiger charge is 2.34. The Morgan fingerprint density at radius 3 is 1.22 bits per heavy atom. The van der Waals surface area contributed by atoms with Crippen molar-refractivity contribution in [3.05, 3.63) is 0 Å². The van der Waals surface area contributed by atoms with E-state index < -0.39 is 24.2 Å². The van der Waals surface area contributed by atoms with Crippen LogP contribution in [0.3, 0.4) is 0 Å². The topological polar surface area (TPSA) is 0 Å². The highest BCUT2D eigenvalue weighted by molar-refractivity contribution is 6.85. The molecule has 0 amide bonds. The predicted octanol–water partition coefficient (Wildman–Crippen LogP) is 6.54. The lowest BCUT2D eigenvalue weighted by atomic mass is 10.4. The van der Waals surface area contributed by atoms with Gasteiger partial charge >= 0.3 is 0 Å². The molecule has 0 spiro atoms. The molecular formula is C15H38Si3. The van der Waals surface area contributed by atoms with Gasteiger partial charge in [-0.1, -0.05) is 90.3 Å². The summed E-state index contributed by atoms with van der Waals surface area (Å²) in [6, 6.07) is 6.32. The first kappa shape index (κ1) is 18.7. The smallest absolute Gasteiger partial charge is 0.0527 e. The quantitative estimate of drug-likeness (QED) is 0.446. The molecular weight excluding hydrogens is 264 g/mol. The van der Waals surface area contributed by atoms with Gasteiger partial charge in [-0.2, -0.15) is 0 Å². The van der Waals surface area contributed by atoms with Crippen molar-refractivity contribution in [1.82, 2.24) is 0 Å². The summed E-state index contributed by atoms with van der Waals surface area (Å²) in [6.07, 6.45) is 1.40. The van der Waals surface area contributed by atoms with E-state index in [1.807, 2.05) is 0 Å². The van der Waals surface area contributed by atoms with Crippen LogP contribution in [0.25, 0.3) is 0 Å². The summed E-state index contributed by atoms with van der Waals surface area (Å²) < 4.78 is 0. The maximum Gasteiger partial charge on any atom is 0.0527 e. The molecule has 0 bridgehead atoms. The monoisotopic (exact) mass is 302 g/mol. The second kappa shape index (κ2) is 6.89. The molecule has 0 radical (unpaired) electrons. The molecule has 0 aliphatic heterocycles. The third-order valence-electron chi connectivity index (χ3n) is 4.69. The van der Waals surface area contributed by atoms with Crippen LogP contribution in [0.2, 0.25) is 75.5 Å². The van der Waals surface area contributed by atoms with Gasteiger partial charge in [-0.05, 0) is 5.54 Å². The molecule has 0 heterocycles. The molecule has 0 N–H and O–H groups in total. The van der Waals surface area contributed by atoms with Crippen molar-refractivity contribution < 1.29 is 0 Å². The maximum atomic E-state index is 2.71. The zero-order valence-electron chi connectivity index (χ0n) is 14.6. The van der Waals surface area contributed by atoms with Gasteiger partial charge < -0.3 is 0 Å². The van der Waals surface area contributed by atoms with Crippen LogP contribution in [-0.4, -0.2) is 24.2 Å². The molecule has 0 fully saturated rings. The number of rotatable bonds is 8. The minimum absolute atomic E-state index is 0.854. The van der Waals surface area contributed by atoms with E-state index in [2.05, 4.69) is 59.7 Å². The van der Waals surface area contributed by atoms with Gasteiger partial charge in [0, 0.05) is 16.1 Å². The van der Waals surface area contributed by atoms with Gasteiger partial charge in [-0.25, -0.2) is 0 Å². The van der Waals surface area contributed by atoms with E-state index in [0.29, 0.717) is 0 Å². The van der Waals surface area contributed by atoms with Crippen molar-refractivity contribution in [2.45, 2.75) is 95.8 Å². The van der Waals surface area contributed by atoms with Crippen molar-refractivity contribution in [3.8, 4) is 0 Å². The van der Waals surface area contributed by atoms with Crippen LogP contribution < -0.4 is 0 Å². The standard InChI is InChI=1S/C15H38Si3/c1-10-15(2)18(9,13-11-16(3,4)5)14-12-17(6,7)8/h15H,10-14H2,1-9H3. The minimum atomic E-state index is -1.00. The Labute approximate surface area is 120 Å². The van der Waals surface area contributed by atoms with Crippen LogP contribution in [0.15, 0.2) is 0 Å². The molecule has 1 unspecified atom stereocenters. The van der Waals surface area contributed by atoms with E-state index in [9.17, 15) is 0 Å². The summed E-state index contributed by atoms with van der Waals surface area (Å²) in [4.78, 5) is 0. The van der Waals surface area contributed by atoms with Crippen molar-refractivity contribution in [3.63, 3.8) is 0 Å². The van der Waals surface area contributed by atoms with Crippen LogP contribution >= 0.6 is 0 Å². The molecule has 0 saturated heterocycles. The molecule has 0 aromatic heterocycles. The fourth-order valence-corrected chi connectivity index (χ4v) is 15.2. The van der Waals surface area contributed by atoms with Crippen LogP contribution in [0.5, 0.6) is 0 Å². The second-order valence-electron chi connectivity index (χ2n) is 9.08. The summed E-state index contributed by atoms with van der Waals surface area (Å²) in [5.74, 6) is 0. The van der Waals surface area contributed by atoms with E-state index in [4.69, 9.17) is 0 Å².